The molecule has 0 saturated carbocycles. The number of carbonyl (C=O) groups is 2. The fraction of sp³-hybridized carbons (Fsp3) is 0.857. The molecule has 0 aromatic rings. The Morgan fingerprint density at radius 1 is 0.962 bits per heavy atom. The van der Waals surface area contributed by atoms with Gasteiger partial charge in [0.1, 0.15) is 6.04 Å². The van der Waals surface area contributed by atoms with Gasteiger partial charge in [0.15, 0.2) is 0 Å². The molecule has 12 heteroatoms. The standard InChI is InChI=1S/C14H20F7NO4/c1-5-25-11(24)22-9(10(23)26-6-7(2)3)8(4)12(15,16)13(17,18)14(19,20)21/h7-9H,5-6H2,1-4H3,(H,22,24). The molecule has 2 atom stereocenters. The highest BCUT2D eigenvalue weighted by atomic mass is 19.4. The second-order valence-corrected chi connectivity index (χ2v) is 5.85. The molecule has 0 spiro atoms. The molecule has 0 aliphatic rings. The van der Waals surface area contributed by atoms with Crippen molar-refractivity contribution in [2.75, 3.05) is 13.2 Å². The molecule has 154 valence electrons. The number of alkyl carbamates (subject to hydrolysis) is 1. The third kappa shape index (κ3) is 5.63. The third-order valence-corrected chi connectivity index (χ3v) is 3.21. The highest BCUT2D eigenvalue weighted by Gasteiger charge is 2.75. The van der Waals surface area contributed by atoms with Gasteiger partial charge in [-0.05, 0) is 12.8 Å². The van der Waals surface area contributed by atoms with Gasteiger partial charge in [-0.3, -0.25) is 0 Å². The maximum Gasteiger partial charge on any atom is 0.459 e. The predicted molar refractivity (Wildman–Crippen MR) is 74.9 cm³/mol. The fourth-order valence-electron chi connectivity index (χ4n) is 1.71. The van der Waals surface area contributed by atoms with Crippen molar-refractivity contribution < 1.29 is 49.8 Å². The van der Waals surface area contributed by atoms with Gasteiger partial charge < -0.3 is 14.8 Å². The summed E-state index contributed by atoms with van der Waals surface area (Å²) in [6, 6.07) is -2.49. The molecule has 1 amide bonds. The smallest absolute Gasteiger partial charge is 0.459 e. The summed E-state index contributed by atoms with van der Waals surface area (Å²) in [4.78, 5) is 23.3. The van der Waals surface area contributed by atoms with Crippen LogP contribution >= 0.6 is 0 Å². The molecule has 0 bridgehead atoms. The zero-order valence-corrected chi connectivity index (χ0v) is 14.4. The SMILES string of the molecule is CCOC(=O)NC(C(=O)OCC(C)C)C(C)C(F)(F)C(F)(F)C(F)(F)F. The van der Waals surface area contributed by atoms with E-state index in [1.165, 1.54) is 6.92 Å². The average molecular weight is 399 g/mol. The highest BCUT2D eigenvalue weighted by Crippen LogP contribution is 2.50. The van der Waals surface area contributed by atoms with Crippen LogP contribution in [0.1, 0.15) is 27.7 Å². The lowest BCUT2D eigenvalue weighted by Gasteiger charge is -2.35. The first kappa shape index (κ1) is 24.2. The summed E-state index contributed by atoms with van der Waals surface area (Å²) in [6.45, 7) is 4.14. The van der Waals surface area contributed by atoms with Crippen molar-refractivity contribution in [1.82, 2.24) is 5.32 Å². The molecule has 0 aromatic carbocycles. The Kier molecular flexibility index (Phi) is 8.17. The molecule has 0 heterocycles. The lowest BCUT2D eigenvalue weighted by atomic mass is 9.90. The summed E-state index contributed by atoms with van der Waals surface area (Å²) >= 11 is 0. The fourth-order valence-corrected chi connectivity index (χ4v) is 1.71. The summed E-state index contributed by atoms with van der Waals surface area (Å²) in [5.41, 5.74) is 0. The summed E-state index contributed by atoms with van der Waals surface area (Å²) in [7, 11) is 0. The Hall–Kier alpha value is -1.75. The average Bonchev–Trinajstić information content (AvgIpc) is 2.48. The van der Waals surface area contributed by atoms with E-state index in [0.717, 1.165) is 0 Å². The van der Waals surface area contributed by atoms with Crippen LogP contribution in [0.4, 0.5) is 35.5 Å². The lowest BCUT2D eigenvalue weighted by Crippen LogP contribution is -2.61. The molecule has 0 aliphatic carbocycles. The van der Waals surface area contributed by atoms with Crippen molar-refractivity contribution in [3.05, 3.63) is 0 Å². The normalized spacial score (nSPS) is 15.4. The largest absolute Gasteiger partial charge is 0.464 e. The predicted octanol–water partition coefficient (Wildman–Crippen LogP) is 3.77. The van der Waals surface area contributed by atoms with E-state index in [9.17, 15) is 40.3 Å². The van der Waals surface area contributed by atoms with Crippen LogP contribution in [-0.2, 0) is 14.3 Å². The number of rotatable bonds is 8. The van der Waals surface area contributed by atoms with E-state index in [2.05, 4.69) is 9.47 Å². The van der Waals surface area contributed by atoms with Gasteiger partial charge >= 0.3 is 30.1 Å². The van der Waals surface area contributed by atoms with E-state index < -0.39 is 42.0 Å². The quantitative estimate of drug-likeness (QED) is 0.499. The van der Waals surface area contributed by atoms with Gasteiger partial charge in [-0.15, -0.1) is 0 Å². The maximum absolute atomic E-state index is 13.9. The minimum Gasteiger partial charge on any atom is -0.464 e. The molecule has 5 nitrogen and oxygen atoms in total. The first-order valence-electron chi connectivity index (χ1n) is 7.51. The zero-order chi connectivity index (χ0) is 20.9. The number of alkyl halides is 7. The molecule has 0 saturated heterocycles. The van der Waals surface area contributed by atoms with E-state index in [-0.39, 0.29) is 26.1 Å². The minimum atomic E-state index is -6.57. The number of hydrogen-bond acceptors (Lipinski definition) is 4. The second kappa shape index (κ2) is 8.76. The van der Waals surface area contributed by atoms with Gasteiger partial charge in [0.2, 0.25) is 0 Å². The van der Waals surface area contributed by atoms with Crippen LogP contribution in [-0.4, -0.2) is 49.3 Å². The van der Waals surface area contributed by atoms with Crippen molar-refractivity contribution in [2.24, 2.45) is 11.8 Å². The van der Waals surface area contributed by atoms with Gasteiger partial charge in [-0.1, -0.05) is 20.8 Å². The molecule has 0 radical (unpaired) electrons. The molecule has 26 heavy (non-hydrogen) atoms. The summed E-state index contributed by atoms with van der Waals surface area (Å²) in [5, 5.41) is 1.55. The van der Waals surface area contributed by atoms with Crippen LogP contribution in [0.25, 0.3) is 0 Å². The number of hydrogen-bond donors (Lipinski definition) is 1. The van der Waals surface area contributed by atoms with Crippen molar-refractivity contribution in [3.8, 4) is 0 Å². The summed E-state index contributed by atoms with van der Waals surface area (Å²) in [5.74, 6) is -17.0. The van der Waals surface area contributed by atoms with Crippen molar-refractivity contribution in [2.45, 2.75) is 51.8 Å². The first-order valence-corrected chi connectivity index (χ1v) is 7.51. The molecule has 0 fully saturated rings. The van der Waals surface area contributed by atoms with Crippen LogP contribution in [0, 0.1) is 11.8 Å². The number of ether oxygens (including phenoxy) is 2. The van der Waals surface area contributed by atoms with Gasteiger partial charge in [0, 0.05) is 0 Å². The lowest BCUT2D eigenvalue weighted by molar-refractivity contribution is -0.365. The summed E-state index contributed by atoms with van der Waals surface area (Å²) in [6.07, 6.45) is -8.02. The number of esters is 1. The van der Waals surface area contributed by atoms with Crippen LogP contribution in [0.15, 0.2) is 0 Å². The van der Waals surface area contributed by atoms with Crippen molar-refractivity contribution in [3.63, 3.8) is 0 Å². The van der Waals surface area contributed by atoms with E-state index in [0.29, 0.717) is 0 Å². The first-order chi connectivity index (χ1) is 11.6. The monoisotopic (exact) mass is 399 g/mol. The van der Waals surface area contributed by atoms with Gasteiger partial charge in [0.05, 0.1) is 19.1 Å². The van der Waals surface area contributed by atoms with Crippen LogP contribution < -0.4 is 5.32 Å². The Bertz CT molecular complexity index is 494. The number of halogens is 7. The Morgan fingerprint density at radius 2 is 1.46 bits per heavy atom. The Labute approximate surface area is 145 Å². The Morgan fingerprint density at radius 3 is 1.85 bits per heavy atom. The topological polar surface area (TPSA) is 64.6 Å². The van der Waals surface area contributed by atoms with Crippen molar-refractivity contribution >= 4 is 12.1 Å². The molecule has 0 aromatic heterocycles. The third-order valence-electron chi connectivity index (χ3n) is 3.21. The zero-order valence-electron chi connectivity index (χ0n) is 14.4. The highest BCUT2D eigenvalue weighted by molar-refractivity contribution is 5.81. The molecule has 2 unspecified atom stereocenters. The Balaban J connectivity index is 5.70. The van der Waals surface area contributed by atoms with Gasteiger partial charge in [-0.25, -0.2) is 9.59 Å². The van der Waals surface area contributed by atoms with Gasteiger partial charge in [-0.2, -0.15) is 30.7 Å². The molecular weight excluding hydrogens is 379 g/mol. The molecule has 1 N–H and O–H groups in total. The van der Waals surface area contributed by atoms with Crippen LogP contribution in [0.5, 0.6) is 0 Å². The number of nitrogens with one attached hydrogen (secondary N) is 1. The van der Waals surface area contributed by atoms with E-state index >= 15 is 0 Å². The molecule has 0 rings (SSSR count). The van der Waals surface area contributed by atoms with Crippen molar-refractivity contribution in [1.29, 1.82) is 0 Å². The maximum atomic E-state index is 13.9. The van der Waals surface area contributed by atoms with Crippen LogP contribution in [0.3, 0.4) is 0 Å². The molecule has 0 aliphatic heterocycles. The van der Waals surface area contributed by atoms with Gasteiger partial charge in [0.25, 0.3) is 0 Å². The summed E-state index contributed by atoms with van der Waals surface area (Å²) < 4.78 is 100. The van der Waals surface area contributed by atoms with E-state index in [4.69, 9.17) is 0 Å². The number of carbonyl (C=O) groups excluding carboxylic acids is 2. The second-order valence-electron chi connectivity index (χ2n) is 5.85. The number of amides is 1. The van der Waals surface area contributed by atoms with E-state index in [1.54, 1.807) is 19.2 Å². The minimum absolute atomic E-state index is 0.261. The van der Waals surface area contributed by atoms with E-state index in [1.807, 2.05) is 0 Å². The molecular formula is C14H20F7NO4. The van der Waals surface area contributed by atoms with Crippen LogP contribution in [0.2, 0.25) is 0 Å².